The van der Waals surface area contributed by atoms with Gasteiger partial charge in [-0.1, -0.05) is 0 Å². The van der Waals surface area contributed by atoms with Crippen molar-refractivity contribution in [2.45, 2.75) is 39.4 Å². The van der Waals surface area contributed by atoms with Gasteiger partial charge in [-0.2, -0.15) is 5.10 Å². The minimum Gasteiger partial charge on any atom is -0.350 e. The predicted molar refractivity (Wildman–Crippen MR) is 83.0 cm³/mol. The highest BCUT2D eigenvalue weighted by molar-refractivity contribution is 5.93. The Morgan fingerprint density at radius 3 is 2.87 bits per heavy atom. The first-order chi connectivity index (χ1) is 11.1. The normalized spacial score (nSPS) is 17.9. The van der Waals surface area contributed by atoms with Crippen LogP contribution in [-0.2, 0) is 9.57 Å². The van der Waals surface area contributed by atoms with Crippen molar-refractivity contribution >= 4 is 5.91 Å². The van der Waals surface area contributed by atoms with Crippen LogP contribution in [0.4, 0.5) is 0 Å². The van der Waals surface area contributed by atoms with Gasteiger partial charge < -0.3 is 4.74 Å². The Morgan fingerprint density at radius 2 is 2.26 bits per heavy atom. The van der Waals surface area contributed by atoms with E-state index in [0.717, 1.165) is 30.7 Å². The van der Waals surface area contributed by atoms with Crippen molar-refractivity contribution in [2.24, 2.45) is 0 Å². The van der Waals surface area contributed by atoms with Gasteiger partial charge in [0.25, 0.3) is 5.91 Å². The molecule has 0 saturated carbocycles. The number of ether oxygens (including phenoxy) is 1. The van der Waals surface area contributed by atoms with Crippen LogP contribution in [0.3, 0.4) is 0 Å². The monoisotopic (exact) mass is 316 g/mol. The smallest absolute Gasteiger partial charge is 0.276 e. The van der Waals surface area contributed by atoms with E-state index < -0.39 is 0 Å². The van der Waals surface area contributed by atoms with Gasteiger partial charge in [-0.05, 0) is 44.9 Å². The molecule has 1 saturated heterocycles. The highest BCUT2D eigenvalue weighted by atomic mass is 16.8. The van der Waals surface area contributed by atoms with Crippen LogP contribution < -0.4 is 5.48 Å². The molecule has 0 spiro atoms. The Morgan fingerprint density at radius 1 is 1.39 bits per heavy atom. The number of carbonyl (C=O) groups excluding carboxylic acids is 1. The molecule has 1 amide bonds. The zero-order valence-electron chi connectivity index (χ0n) is 13.3. The summed E-state index contributed by atoms with van der Waals surface area (Å²) in [4.78, 5) is 21.6. The van der Waals surface area contributed by atoms with E-state index in [9.17, 15) is 4.79 Å². The fraction of sp³-hybridized carbons (Fsp3) is 0.438. The molecule has 1 aliphatic rings. The maximum Gasteiger partial charge on any atom is 0.276 e. The summed E-state index contributed by atoms with van der Waals surface area (Å²) in [5.41, 5.74) is 4.75. The molecule has 2 aromatic heterocycles. The summed E-state index contributed by atoms with van der Waals surface area (Å²) in [6.45, 7) is 4.55. The molecule has 1 aliphatic heterocycles. The van der Waals surface area contributed by atoms with Crippen LogP contribution in [0.1, 0.15) is 41.0 Å². The Labute approximate surface area is 134 Å². The number of hydrogen-bond acceptors (Lipinski definition) is 5. The minimum atomic E-state index is -0.366. The second-order valence-electron chi connectivity index (χ2n) is 5.59. The van der Waals surface area contributed by atoms with E-state index in [-0.39, 0.29) is 12.2 Å². The summed E-state index contributed by atoms with van der Waals surface area (Å²) in [7, 11) is 0. The van der Waals surface area contributed by atoms with E-state index in [1.807, 2.05) is 19.9 Å². The molecule has 1 unspecified atom stereocenters. The summed E-state index contributed by atoms with van der Waals surface area (Å²) < 4.78 is 7.13. The molecule has 0 bridgehead atoms. The van der Waals surface area contributed by atoms with Gasteiger partial charge in [0.1, 0.15) is 0 Å². The Kier molecular flexibility index (Phi) is 4.68. The number of aryl methyl sites for hydroxylation is 2. The lowest BCUT2D eigenvalue weighted by molar-refractivity contribution is -0.186. The van der Waals surface area contributed by atoms with E-state index in [0.29, 0.717) is 18.0 Å². The van der Waals surface area contributed by atoms with Crippen LogP contribution in [0.25, 0.3) is 5.82 Å². The fourth-order valence-corrected chi connectivity index (χ4v) is 2.49. The molecule has 1 N–H and O–H groups in total. The molecule has 7 heteroatoms. The molecule has 122 valence electrons. The zero-order chi connectivity index (χ0) is 16.2. The molecule has 0 aliphatic carbocycles. The fourth-order valence-electron chi connectivity index (χ4n) is 2.49. The standard InChI is InChI=1S/C16H20N4O3/c1-11-9-12(2)20(18-11)14-7-6-13(10-17-14)16(21)19-23-15-5-3-4-8-22-15/h6-7,9-10,15H,3-5,8H2,1-2H3,(H,19,21). The third kappa shape index (κ3) is 3.75. The first-order valence-corrected chi connectivity index (χ1v) is 7.71. The highest BCUT2D eigenvalue weighted by Crippen LogP contribution is 2.13. The lowest BCUT2D eigenvalue weighted by Crippen LogP contribution is -2.33. The van der Waals surface area contributed by atoms with Crippen molar-refractivity contribution < 1.29 is 14.4 Å². The molecule has 2 aromatic rings. The lowest BCUT2D eigenvalue weighted by atomic mass is 10.2. The summed E-state index contributed by atoms with van der Waals surface area (Å²) in [6.07, 6.45) is 4.00. The molecular weight excluding hydrogens is 296 g/mol. The number of pyridine rings is 1. The quantitative estimate of drug-likeness (QED) is 0.874. The maximum absolute atomic E-state index is 12.1. The molecule has 1 atom stereocenters. The maximum atomic E-state index is 12.1. The van der Waals surface area contributed by atoms with Crippen LogP contribution >= 0.6 is 0 Å². The zero-order valence-corrected chi connectivity index (χ0v) is 13.3. The van der Waals surface area contributed by atoms with Gasteiger partial charge in [-0.3, -0.25) is 4.79 Å². The molecule has 0 radical (unpaired) electrons. The second kappa shape index (κ2) is 6.89. The lowest BCUT2D eigenvalue weighted by Gasteiger charge is -2.22. The number of amides is 1. The molecule has 0 aromatic carbocycles. The van der Waals surface area contributed by atoms with Crippen molar-refractivity contribution in [1.82, 2.24) is 20.2 Å². The van der Waals surface area contributed by atoms with Crippen molar-refractivity contribution in [1.29, 1.82) is 0 Å². The summed E-state index contributed by atoms with van der Waals surface area (Å²) in [5, 5.41) is 4.36. The van der Waals surface area contributed by atoms with Gasteiger partial charge in [0, 0.05) is 24.9 Å². The van der Waals surface area contributed by atoms with Crippen LogP contribution in [-0.4, -0.2) is 33.6 Å². The molecule has 3 rings (SSSR count). The summed E-state index contributed by atoms with van der Waals surface area (Å²) >= 11 is 0. The number of hydroxylamine groups is 1. The van der Waals surface area contributed by atoms with Crippen molar-refractivity contribution in [3.63, 3.8) is 0 Å². The van der Waals surface area contributed by atoms with Gasteiger partial charge in [0.2, 0.25) is 0 Å². The molecule has 23 heavy (non-hydrogen) atoms. The first kappa shape index (κ1) is 15.6. The van der Waals surface area contributed by atoms with E-state index in [4.69, 9.17) is 9.57 Å². The first-order valence-electron chi connectivity index (χ1n) is 7.71. The number of carbonyl (C=O) groups is 1. The number of aromatic nitrogens is 3. The molecular formula is C16H20N4O3. The number of nitrogens with one attached hydrogen (secondary N) is 1. The number of hydrogen-bond donors (Lipinski definition) is 1. The highest BCUT2D eigenvalue weighted by Gasteiger charge is 2.16. The van der Waals surface area contributed by atoms with E-state index in [2.05, 4.69) is 15.6 Å². The largest absolute Gasteiger partial charge is 0.350 e. The molecule has 1 fully saturated rings. The molecule has 3 heterocycles. The van der Waals surface area contributed by atoms with Crippen LogP contribution in [0.15, 0.2) is 24.4 Å². The van der Waals surface area contributed by atoms with E-state index >= 15 is 0 Å². The third-order valence-corrected chi connectivity index (χ3v) is 3.66. The van der Waals surface area contributed by atoms with Gasteiger partial charge in [0.05, 0.1) is 11.3 Å². The van der Waals surface area contributed by atoms with E-state index in [1.54, 1.807) is 16.8 Å². The topological polar surface area (TPSA) is 78.3 Å². The molecule has 7 nitrogen and oxygen atoms in total. The number of rotatable bonds is 4. The Balaban J connectivity index is 1.62. The van der Waals surface area contributed by atoms with Crippen molar-refractivity contribution in [3.8, 4) is 5.82 Å². The minimum absolute atomic E-state index is 0.341. The summed E-state index contributed by atoms with van der Waals surface area (Å²) in [6, 6.07) is 5.42. The Hall–Kier alpha value is -2.25. The third-order valence-electron chi connectivity index (χ3n) is 3.66. The van der Waals surface area contributed by atoms with Gasteiger partial charge in [-0.25, -0.2) is 20.0 Å². The van der Waals surface area contributed by atoms with Crippen LogP contribution in [0, 0.1) is 13.8 Å². The van der Waals surface area contributed by atoms with Crippen LogP contribution in [0.5, 0.6) is 0 Å². The SMILES string of the molecule is Cc1cc(C)n(-c2ccc(C(=O)NOC3CCCCO3)cn2)n1. The van der Waals surface area contributed by atoms with Gasteiger partial charge in [-0.15, -0.1) is 0 Å². The van der Waals surface area contributed by atoms with Gasteiger partial charge >= 0.3 is 0 Å². The van der Waals surface area contributed by atoms with Gasteiger partial charge in [0.15, 0.2) is 12.1 Å². The average molecular weight is 316 g/mol. The van der Waals surface area contributed by atoms with Crippen molar-refractivity contribution in [2.75, 3.05) is 6.61 Å². The number of nitrogens with zero attached hydrogens (tertiary/aromatic N) is 3. The van der Waals surface area contributed by atoms with Crippen LogP contribution in [0.2, 0.25) is 0 Å². The second-order valence-corrected chi connectivity index (χ2v) is 5.59. The Bertz CT molecular complexity index is 675. The summed E-state index contributed by atoms with van der Waals surface area (Å²) in [5.74, 6) is 0.329. The van der Waals surface area contributed by atoms with E-state index in [1.165, 1.54) is 6.20 Å². The average Bonchev–Trinajstić information content (AvgIpc) is 2.92. The predicted octanol–water partition coefficient (Wildman–Crippen LogP) is 2.07. The van der Waals surface area contributed by atoms with Crippen molar-refractivity contribution in [3.05, 3.63) is 41.3 Å².